The Balaban J connectivity index is 1.47. The lowest BCUT2D eigenvalue weighted by atomic mass is 10.2. The smallest absolute Gasteiger partial charge is 0.267 e. The van der Waals surface area contributed by atoms with Crippen molar-refractivity contribution in [3.8, 4) is 23.3 Å². The molecule has 0 atom stereocenters. The van der Waals surface area contributed by atoms with Gasteiger partial charge in [0.15, 0.2) is 0 Å². The molecule has 0 amide bonds. The van der Waals surface area contributed by atoms with E-state index in [0.29, 0.717) is 57.8 Å². The van der Waals surface area contributed by atoms with Crippen molar-refractivity contribution in [2.24, 2.45) is 0 Å². The lowest BCUT2D eigenvalue weighted by Gasteiger charge is -2.15. The molecule has 0 fully saturated rings. The van der Waals surface area contributed by atoms with E-state index in [4.69, 9.17) is 38.7 Å². The third-order valence-electron chi connectivity index (χ3n) is 5.81. The minimum absolute atomic E-state index is 0.222. The van der Waals surface area contributed by atoms with E-state index in [1.807, 2.05) is 30.3 Å². The number of nitrogens with one attached hydrogen (secondary N) is 1. The number of hydrogen-bond donors (Lipinski definition) is 2. The van der Waals surface area contributed by atoms with E-state index in [-0.39, 0.29) is 21.8 Å². The van der Waals surface area contributed by atoms with Crippen LogP contribution in [0.15, 0.2) is 71.9 Å². The molecule has 5 rings (SSSR count). The first kappa shape index (κ1) is 26.0. The van der Waals surface area contributed by atoms with E-state index < -0.39 is 0 Å². The molecular weight excluding hydrogens is 537 g/mol. The van der Waals surface area contributed by atoms with Crippen molar-refractivity contribution in [3.63, 3.8) is 0 Å². The molecule has 194 valence electrons. The fourth-order valence-corrected chi connectivity index (χ4v) is 4.36. The molecule has 0 bridgehead atoms. The number of rotatable bonds is 6. The van der Waals surface area contributed by atoms with Crippen LogP contribution in [0.1, 0.15) is 17.1 Å². The zero-order valence-electron chi connectivity index (χ0n) is 20.7. The van der Waals surface area contributed by atoms with Crippen LogP contribution in [0.3, 0.4) is 0 Å². The zero-order chi connectivity index (χ0) is 27.4. The van der Waals surface area contributed by atoms with Gasteiger partial charge in [0.25, 0.3) is 5.56 Å². The highest BCUT2D eigenvalue weighted by Crippen LogP contribution is 2.27. The first-order valence-corrected chi connectivity index (χ1v) is 12.5. The summed E-state index contributed by atoms with van der Waals surface area (Å²) in [6.45, 7) is 0.356. The van der Waals surface area contributed by atoms with Gasteiger partial charge in [-0.25, -0.2) is 19.9 Å². The maximum Gasteiger partial charge on any atom is 0.267 e. The number of aromatic nitrogens is 5. The van der Waals surface area contributed by atoms with Crippen LogP contribution in [0.4, 0.5) is 11.6 Å². The molecular formula is C28H21Cl2N7O2. The average Bonchev–Trinajstić information content (AvgIpc) is 2.95. The monoisotopic (exact) mass is 557 g/mol. The second-order valence-corrected chi connectivity index (χ2v) is 9.06. The van der Waals surface area contributed by atoms with Crippen LogP contribution in [0, 0.1) is 11.8 Å². The largest absolute Gasteiger partial charge is 0.495 e. The molecule has 0 aliphatic heterocycles. The summed E-state index contributed by atoms with van der Waals surface area (Å²) < 4.78 is 6.67. The first-order valence-electron chi connectivity index (χ1n) is 11.8. The number of nitrogen functional groups attached to an aromatic ring is 1. The van der Waals surface area contributed by atoms with Crippen molar-refractivity contribution >= 4 is 45.7 Å². The predicted octanol–water partition coefficient (Wildman–Crippen LogP) is 4.52. The molecule has 0 saturated heterocycles. The molecule has 0 unspecified atom stereocenters. The lowest BCUT2D eigenvalue weighted by Crippen LogP contribution is -2.26. The summed E-state index contributed by atoms with van der Waals surface area (Å²) in [6, 6.07) is 16.0. The number of para-hydroxylation sites is 1. The van der Waals surface area contributed by atoms with Gasteiger partial charge in [-0.3, -0.25) is 9.36 Å². The zero-order valence-corrected chi connectivity index (χ0v) is 22.2. The standard InChI is InChI=1S/C28H21Cl2N7O2/c1-39-19-9-7-17(33-15-19)8-10-20-26(31)34-16-35-27(20)32-14-13-23-36-25-22(30)12-11-21(29)24(25)28(38)37(23)18-5-3-2-4-6-18/h2-7,9,11-12,15-16H,13-14H2,1H3,(H3,31,32,34,35). The summed E-state index contributed by atoms with van der Waals surface area (Å²) in [7, 11) is 1.57. The van der Waals surface area contributed by atoms with Crippen molar-refractivity contribution in [2.45, 2.75) is 6.42 Å². The van der Waals surface area contributed by atoms with Crippen molar-refractivity contribution < 1.29 is 4.74 Å². The van der Waals surface area contributed by atoms with Gasteiger partial charge in [-0.05, 0) is 42.3 Å². The summed E-state index contributed by atoms with van der Waals surface area (Å²) in [5, 5.41) is 4.13. The summed E-state index contributed by atoms with van der Waals surface area (Å²) in [6.07, 6.45) is 3.28. The molecule has 3 N–H and O–H groups in total. The molecule has 0 spiro atoms. The Morgan fingerprint density at radius 3 is 2.54 bits per heavy atom. The van der Waals surface area contributed by atoms with Crippen LogP contribution in [-0.2, 0) is 6.42 Å². The number of methoxy groups -OCH3 is 1. The van der Waals surface area contributed by atoms with Gasteiger partial charge in [-0.1, -0.05) is 47.3 Å². The number of hydrogen-bond acceptors (Lipinski definition) is 8. The van der Waals surface area contributed by atoms with E-state index >= 15 is 0 Å². The van der Waals surface area contributed by atoms with Gasteiger partial charge in [0.05, 0.1) is 39.9 Å². The quantitative estimate of drug-likeness (QED) is 0.292. The third-order valence-corrected chi connectivity index (χ3v) is 6.43. The number of ether oxygens (including phenoxy) is 1. The van der Waals surface area contributed by atoms with Gasteiger partial charge in [-0.15, -0.1) is 0 Å². The Bertz CT molecular complexity index is 1780. The minimum atomic E-state index is -0.307. The molecule has 5 aromatic rings. The summed E-state index contributed by atoms with van der Waals surface area (Å²) in [5.41, 5.74) is 7.77. The highest BCUT2D eigenvalue weighted by atomic mass is 35.5. The molecule has 0 aliphatic carbocycles. The maximum atomic E-state index is 13.6. The number of anilines is 2. The van der Waals surface area contributed by atoms with Crippen LogP contribution in [0.2, 0.25) is 10.0 Å². The number of nitrogens with zero attached hydrogens (tertiary/aromatic N) is 5. The number of benzene rings is 2. The van der Waals surface area contributed by atoms with Gasteiger partial charge in [-0.2, -0.15) is 0 Å². The van der Waals surface area contributed by atoms with Gasteiger partial charge in [0, 0.05) is 13.0 Å². The molecule has 3 aromatic heterocycles. The highest BCUT2D eigenvalue weighted by Gasteiger charge is 2.17. The van der Waals surface area contributed by atoms with Crippen LogP contribution >= 0.6 is 23.2 Å². The van der Waals surface area contributed by atoms with E-state index in [1.54, 1.807) is 37.6 Å². The minimum Gasteiger partial charge on any atom is -0.495 e. The lowest BCUT2D eigenvalue weighted by molar-refractivity contribution is 0.413. The van der Waals surface area contributed by atoms with Crippen LogP contribution in [0.5, 0.6) is 5.75 Å². The summed E-state index contributed by atoms with van der Waals surface area (Å²) in [5.74, 6) is 7.76. The molecule has 39 heavy (non-hydrogen) atoms. The second-order valence-electron chi connectivity index (χ2n) is 8.25. The van der Waals surface area contributed by atoms with E-state index in [1.165, 1.54) is 10.9 Å². The maximum absolute atomic E-state index is 13.6. The van der Waals surface area contributed by atoms with Crippen LogP contribution in [0.25, 0.3) is 16.6 Å². The highest BCUT2D eigenvalue weighted by molar-refractivity contribution is 6.39. The first-order chi connectivity index (χ1) is 19.0. The van der Waals surface area contributed by atoms with Gasteiger partial charge < -0.3 is 15.8 Å². The van der Waals surface area contributed by atoms with Crippen molar-refractivity contribution in [1.82, 2.24) is 24.5 Å². The Hall–Kier alpha value is -4.65. The molecule has 0 saturated carbocycles. The van der Waals surface area contributed by atoms with Crippen molar-refractivity contribution in [2.75, 3.05) is 24.7 Å². The Labute approximate surface area is 233 Å². The third kappa shape index (κ3) is 5.48. The van der Waals surface area contributed by atoms with E-state index in [0.717, 1.165) is 0 Å². The fourth-order valence-electron chi connectivity index (χ4n) is 3.92. The van der Waals surface area contributed by atoms with Crippen LogP contribution < -0.4 is 21.3 Å². The van der Waals surface area contributed by atoms with Crippen LogP contribution in [-0.4, -0.2) is 38.2 Å². The summed E-state index contributed by atoms with van der Waals surface area (Å²) >= 11 is 12.8. The molecule has 2 aromatic carbocycles. The number of fused-ring (bicyclic) bond motifs is 1. The van der Waals surface area contributed by atoms with Crippen molar-refractivity contribution in [3.05, 3.63) is 105 Å². The molecule has 0 radical (unpaired) electrons. The molecule has 9 nitrogen and oxygen atoms in total. The predicted molar refractivity (Wildman–Crippen MR) is 153 cm³/mol. The number of pyridine rings is 1. The van der Waals surface area contributed by atoms with Gasteiger partial charge in [0.2, 0.25) is 0 Å². The normalized spacial score (nSPS) is 10.6. The molecule has 3 heterocycles. The Kier molecular flexibility index (Phi) is 7.59. The van der Waals surface area contributed by atoms with Gasteiger partial charge >= 0.3 is 0 Å². The Morgan fingerprint density at radius 2 is 1.79 bits per heavy atom. The second kappa shape index (κ2) is 11.4. The molecule has 11 heteroatoms. The topological polar surface area (TPSA) is 121 Å². The average molecular weight is 558 g/mol. The summed E-state index contributed by atoms with van der Waals surface area (Å²) in [4.78, 5) is 31.0. The van der Waals surface area contributed by atoms with E-state index in [2.05, 4.69) is 32.1 Å². The fraction of sp³-hybridized carbons (Fsp3) is 0.107. The Morgan fingerprint density at radius 1 is 1.00 bits per heavy atom. The van der Waals surface area contributed by atoms with E-state index in [9.17, 15) is 4.79 Å². The van der Waals surface area contributed by atoms with Crippen molar-refractivity contribution in [1.29, 1.82) is 0 Å². The molecule has 0 aliphatic rings. The number of halogens is 2. The van der Waals surface area contributed by atoms with Gasteiger partial charge in [0.1, 0.15) is 40.8 Å². The number of nitrogens with two attached hydrogens (primary N) is 1. The SMILES string of the molecule is COc1ccc(C#Cc2c(N)ncnc2NCCc2nc3c(Cl)ccc(Cl)c3c(=O)n2-c2ccccc2)nc1.